The van der Waals surface area contributed by atoms with Crippen LogP contribution < -0.4 is 0 Å². The fourth-order valence-electron chi connectivity index (χ4n) is 0.826. The molecule has 1 aliphatic heterocycles. The Hall–Kier alpha value is 0.170. The molecule has 10 heavy (non-hydrogen) atoms. The van der Waals surface area contributed by atoms with E-state index in [1.165, 1.54) is 0 Å². The Labute approximate surface area is 71.1 Å². The second-order valence-electron chi connectivity index (χ2n) is 2.38. The molecular weight excluding hydrogens is 168 g/mol. The van der Waals surface area contributed by atoms with E-state index in [9.17, 15) is 4.79 Å². The molecule has 0 aromatic heterocycles. The van der Waals surface area contributed by atoms with E-state index in [1.807, 2.05) is 0 Å². The minimum atomic E-state index is -0.239. The van der Waals surface area contributed by atoms with Crippen molar-refractivity contribution in [1.29, 1.82) is 0 Å². The third-order valence-electron chi connectivity index (χ3n) is 1.46. The quantitative estimate of drug-likeness (QED) is 0.426. The van der Waals surface area contributed by atoms with Gasteiger partial charge in [-0.3, -0.25) is 4.79 Å². The van der Waals surface area contributed by atoms with Gasteiger partial charge in [-0.05, 0) is 12.8 Å². The van der Waals surface area contributed by atoms with Crippen molar-refractivity contribution >= 4 is 31.2 Å². The maximum Gasteiger partial charge on any atom is 0.318 e. The normalized spacial score (nSPS) is 34.8. The smallest absolute Gasteiger partial charge is 0.318 e. The Morgan fingerprint density at radius 2 is 2.10 bits per heavy atom. The number of carbonyl (C=O) groups is 1. The van der Waals surface area contributed by atoms with Crippen LogP contribution in [-0.4, -0.2) is 23.1 Å². The number of hydrogen-bond donors (Lipinski definition) is 2. The molecule has 0 spiro atoms. The molecule has 0 radical (unpaired) electrons. The van der Waals surface area contributed by atoms with E-state index < -0.39 is 0 Å². The first kappa shape index (κ1) is 8.27. The van der Waals surface area contributed by atoms with Crippen molar-refractivity contribution in [3.05, 3.63) is 0 Å². The van der Waals surface area contributed by atoms with Crippen molar-refractivity contribution in [2.24, 2.45) is 0 Å². The predicted molar refractivity (Wildman–Crippen MR) is 45.7 cm³/mol. The van der Waals surface area contributed by atoms with Gasteiger partial charge in [0.05, 0.1) is 5.25 Å². The van der Waals surface area contributed by atoms with Crippen LogP contribution in [0, 0.1) is 0 Å². The van der Waals surface area contributed by atoms with Crippen molar-refractivity contribution in [2.75, 3.05) is 6.61 Å². The molecule has 2 atom stereocenters. The maximum absolute atomic E-state index is 10.8. The molecule has 0 N–H and O–H groups in total. The lowest BCUT2D eigenvalue weighted by atomic mass is 10.2. The Bertz CT molecular complexity index is 138. The highest BCUT2D eigenvalue weighted by Crippen LogP contribution is 2.17. The van der Waals surface area contributed by atoms with Gasteiger partial charge < -0.3 is 4.74 Å². The molecular formula is C6H10O2S2. The zero-order chi connectivity index (χ0) is 7.56. The number of carbonyl (C=O) groups excluding carboxylic acids is 1. The summed E-state index contributed by atoms with van der Waals surface area (Å²) in [5, 5.41) is -0.0433. The van der Waals surface area contributed by atoms with E-state index in [0.29, 0.717) is 6.61 Å². The molecule has 1 heterocycles. The van der Waals surface area contributed by atoms with Gasteiger partial charge in [0, 0.05) is 5.25 Å². The summed E-state index contributed by atoms with van der Waals surface area (Å²) in [7, 11) is 0. The molecule has 1 rings (SSSR count). The SMILES string of the molecule is O=C1OCC(S)CCC1S. The molecule has 0 saturated carbocycles. The van der Waals surface area contributed by atoms with Crippen molar-refractivity contribution in [2.45, 2.75) is 23.3 Å². The summed E-state index contributed by atoms with van der Waals surface area (Å²) in [6.07, 6.45) is 1.68. The Morgan fingerprint density at radius 1 is 1.40 bits per heavy atom. The van der Waals surface area contributed by atoms with Crippen LogP contribution in [0.15, 0.2) is 0 Å². The van der Waals surface area contributed by atoms with Gasteiger partial charge in [-0.2, -0.15) is 25.3 Å². The van der Waals surface area contributed by atoms with Crippen LogP contribution in [0.5, 0.6) is 0 Å². The average Bonchev–Trinajstić information content (AvgIpc) is 2.04. The molecule has 0 bridgehead atoms. The highest BCUT2D eigenvalue weighted by Gasteiger charge is 2.21. The van der Waals surface area contributed by atoms with E-state index in [4.69, 9.17) is 4.74 Å². The van der Waals surface area contributed by atoms with Crippen molar-refractivity contribution in [3.63, 3.8) is 0 Å². The zero-order valence-corrected chi connectivity index (χ0v) is 7.28. The summed E-state index contributed by atoms with van der Waals surface area (Å²) >= 11 is 8.26. The Kier molecular flexibility index (Phi) is 2.92. The summed E-state index contributed by atoms with van der Waals surface area (Å²) in [6, 6.07) is 0. The van der Waals surface area contributed by atoms with Crippen LogP contribution >= 0.6 is 25.3 Å². The van der Waals surface area contributed by atoms with E-state index >= 15 is 0 Å². The minimum Gasteiger partial charge on any atom is -0.464 e. The highest BCUT2D eigenvalue weighted by molar-refractivity contribution is 7.82. The Morgan fingerprint density at radius 3 is 2.80 bits per heavy atom. The summed E-state index contributed by atoms with van der Waals surface area (Å²) in [4.78, 5) is 10.8. The molecule has 0 aliphatic carbocycles. The van der Waals surface area contributed by atoms with Crippen LogP contribution in [0.1, 0.15) is 12.8 Å². The summed E-state index contributed by atoms with van der Waals surface area (Å²) in [6.45, 7) is 0.430. The van der Waals surface area contributed by atoms with Gasteiger partial charge in [-0.1, -0.05) is 0 Å². The third kappa shape index (κ3) is 2.09. The predicted octanol–water partition coefficient (Wildman–Crippen LogP) is 0.920. The van der Waals surface area contributed by atoms with E-state index in [-0.39, 0.29) is 16.5 Å². The standard InChI is InChI=1S/C6H10O2S2/c7-6-5(10)2-1-4(9)3-8-6/h4-5,9-10H,1-3H2. The number of hydrogen-bond acceptors (Lipinski definition) is 4. The summed E-state index contributed by atoms with van der Waals surface area (Å²) < 4.78 is 4.84. The lowest BCUT2D eigenvalue weighted by Crippen LogP contribution is -2.15. The fourth-order valence-corrected chi connectivity index (χ4v) is 1.27. The van der Waals surface area contributed by atoms with Gasteiger partial charge in [0.2, 0.25) is 0 Å². The number of ether oxygens (including phenoxy) is 1. The molecule has 1 fully saturated rings. The Balaban J connectivity index is 2.46. The third-order valence-corrected chi connectivity index (χ3v) is 2.34. The van der Waals surface area contributed by atoms with Gasteiger partial charge >= 0.3 is 5.97 Å². The molecule has 1 saturated heterocycles. The minimum absolute atomic E-state index is 0.195. The lowest BCUT2D eigenvalue weighted by molar-refractivity contribution is -0.141. The summed E-state index contributed by atoms with van der Waals surface area (Å²) in [5.74, 6) is -0.208. The van der Waals surface area contributed by atoms with Crippen LogP contribution in [0.4, 0.5) is 0 Å². The van der Waals surface area contributed by atoms with Crippen LogP contribution in [0.2, 0.25) is 0 Å². The van der Waals surface area contributed by atoms with Gasteiger partial charge in [0.1, 0.15) is 6.61 Å². The largest absolute Gasteiger partial charge is 0.464 e. The molecule has 58 valence electrons. The van der Waals surface area contributed by atoms with Gasteiger partial charge in [0.15, 0.2) is 0 Å². The van der Waals surface area contributed by atoms with Crippen molar-refractivity contribution in [1.82, 2.24) is 0 Å². The molecule has 0 aromatic rings. The maximum atomic E-state index is 10.8. The van der Waals surface area contributed by atoms with Crippen molar-refractivity contribution in [3.8, 4) is 0 Å². The van der Waals surface area contributed by atoms with E-state index in [0.717, 1.165) is 12.8 Å². The molecule has 2 nitrogen and oxygen atoms in total. The monoisotopic (exact) mass is 178 g/mol. The lowest BCUT2D eigenvalue weighted by Gasteiger charge is -2.03. The van der Waals surface area contributed by atoms with Crippen LogP contribution in [0.25, 0.3) is 0 Å². The van der Waals surface area contributed by atoms with Gasteiger partial charge in [0.25, 0.3) is 0 Å². The van der Waals surface area contributed by atoms with Gasteiger partial charge in [-0.25, -0.2) is 0 Å². The number of rotatable bonds is 0. The molecule has 4 heteroatoms. The highest BCUT2D eigenvalue weighted by atomic mass is 32.1. The van der Waals surface area contributed by atoms with E-state index in [1.54, 1.807) is 0 Å². The average molecular weight is 178 g/mol. The molecule has 0 amide bonds. The molecule has 2 unspecified atom stereocenters. The number of thiol groups is 2. The number of cyclic esters (lactones) is 1. The van der Waals surface area contributed by atoms with Crippen LogP contribution in [0.3, 0.4) is 0 Å². The van der Waals surface area contributed by atoms with Crippen LogP contribution in [-0.2, 0) is 9.53 Å². The second-order valence-corrected chi connectivity index (χ2v) is 3.73. The first-order valence-corrected chi connectivity index (χ1v) is 4.26. The fraction of sp³-hybridized carbons (Fsp3) is 0.833. The first-order valence-electron chi connectivity index (χ1n) is 3.23. The number of esters is 1. The van der Waals surface area contributed by atoms with Gasteiger partial charge in [-0.15, -0.1) is 0 Å². The van der Waals surface area contributed by atoms with E-state index in [2.05, 4.69) is 25.3 Å². The molecule has 1 aliphatic rings. The first-order chi connectivity index (χ1) is 4.70. The van der Waals surface area contributed by atoms with Crippen molar-refractivity contribution < 1.29 is 9.53 Å². The zero-order valence-electron chi connectivity index (χ0n) is 5.49. The molecule has 0 aromatic carbocycles. The second kappa shape index (κ2) is 3.53. The summed E-state index contributed by atoms with van der Waals surface area (Å²) in [5.41, 5.74) is 0. The topological polar surface area (TPSA) is 26.3 Å².